The highest BCUT2D eigenvalue weighted by atomic mass is 32.2. The van der Waals surface area contributed by atoms with E-state index in [2.05, 4.69) is 11.6 Å². The molecule has 78 valence electrons. The van der Waals surface area contributed by atoms with Gasteiger partial charge in [-0.05, 0) is 18.4 Å². The molecule has 0 aliphatic carbocycles. The van der Waals surface area contributed by atoms with Crippen LogP contribution >= 0.6 is 11.8 Å². The van der Waals surface area contributed by atoms with E-state index in [1.165, 1.54) is 0 Å². The number of furan rings is 1. The van der Waals surface area contributed by atoms with E-state index in [4.69, 9.17) is 9.15 Å². The number of rotatable bonds is 5. The van der Waals surface area contributed by atoms with Gasteiger partial charge >= 0.3 is 0 Å². The number of ether oxygens (including phenoxy) is 1. The molecule has 14 heavy (non-hydrogen) atoms. The van der Waals surface area contributed by atoms with Crippen LogP contribution in [0.4, 0.5) is 0 Å². The zero-order chi connectivity index (χ0) is 9.80. The summed E-state index contributed by atoms with van der Waals surface area (Å²) in [5.74, 6) is 3.02. The minimum absolute atomic E-state index is 0.518. The summed E-state index contributed by atoms with van der Waals surface area (Å²) < 4.78 is 10.7. The van der Waals surface area contributed by atoms with E-state index >= 15 is 0 Å². The summed E-state index contributed by atoms with van der Waals surface area (Å²) in [6.45, 7) is 2.47. The molecule has 2 heterocycles. The molecule has 4 heteroatoms. The molecule has 0 aromatic carbocycles. The SMILES string of the molecule is CSCc1ccc(CNC2COC2)o1. The van der Waals surface area contributed by atoms with Crippen molar-refractivity contribution in [1.29, 1.82) is 0 Å². The monoisotopic (exact) mass is 213 g/mol. The zero-order valence-corrected chi connectivity index (χ0v) is 9.10. The van der Waals surface area contributed by atoms with E-state index in [-0.39, 0.29) is 0 Å². The molecule has 0 atom stereocenters. The Kier molecular flexibility index (Phi) is 3.50. The van der Waals surface area contributed by atoms with Crippen molar-refractivity contribution in [2.75, 3.05) is 19.5 Å². The second-order valence-corrected chi connectivity index (χ2v) is 4.28. The molecule has 0 spiro atoms. The quantitative estimate of drug-likeness (QED) is 0.806. The van der Waals surface area contributed by atoms with Gasteiger partial charge in [-0.2, -0.15) is 11.8 Å². The summed E-state index contributed by atoms with van der Waals surface area (Å²) >= 11 is 1.77. The zero-order valence-electron chi connectivity index (χ0n) is 8.29. The van der Waals surface area contributed by atoms with Crippen LogP contribution in [0.5, 0.6) is 0 Å². The van der Waals surface area contributed by atoms with Gasteiger partial charge in [-0.1, -0.05) is 0 Å². The number of hydrogen-bond donors (Lipinski definition) is 1. The van der Waals surface area contributed by atoms with Gasteiger partial charge in [-0.15, -0.1) is 0 Å². The van der Waals surface area contributed by atoms with Gasteiger partial charge in [-0.3, -0.25) is 0 Å². The number of hydrogen-bond acceptors (Lipinski definition) is 4. The van der Waals surface area contributed by atoms with Gasteiger partial charge in [0.1, 0.15) is 11.5 Å². The van der Waals surface area contributed by atoms with Crippen molar-refractivity contribution in [2.24, 2.45) is 0 Å². The molecular weight excluding hydrogens is 198 g/mol. The third-order valence-electron chi connectivity index (χ3n) is 2.21. The molecule has 0 saturated carbocycles. The van der Waals surface area contributed by atoms with Gasteiger partial charge < -0.3 is 14.5 Å². The minimum atomic E-state index is 0.518. The lowest BCUT2D eigenvalue weighted by molar-refractivity contribution is -0.00644. The summed E-state index contributed by atoms with van der Waals surface area (Å²) in [6.07, 6.45) is 2.08. The molecule has 1 fully saturated rings. The molecule has 1 aromatic heterocycles. The van der Waals surface area contributed by atoms with Crippen LogP contribution in [0.2, 0.25) is 0 Å². The Hall–Kier alpha value is -0.450. The average Bonchev–Trinajstić information content (AvgIpc) is 2.51. The average molecular weight is 213 g/mol. The van der Waals surface area contributed by atoms with E-state index < -0.39 is 0 Å². The van der Waals surface area contributed by atoms with Gasteiger partial charge in [0.15, 0.2) is 0 Å². The van der Waals surface area contributed by atoms with Gasteiger partial charge in [0.25, 0.3) is 0 Å². The molecule has 1 aliphatic rings. The number of thioether (sulfide) groups is 1. The minimum Gasteiger partial charge on any atom is -0.464 e. The van der Waals surface area contributed by atoms with Crippen molar-refractivity contribution >= 4 is 11.8 Å². The van der Waals surface area contributed by atoms with Crippen LogP contribution in [-0.2, 0) is 17.0 Å². The van der Waals surface area contributed by atoms with Gasteiger partial charge in [0.05, 0.1) is 31.6 Å². The fourth-order valence-electron chi connectivity index (χ4n) is 1.34. The maximum atomic E-state index is 5.62. The van der Waals surface area contributed by atoms with Gasteiger partial charge in [0.2, 0.25) is 0 Å². The molecule has 0 unspecified atom stereocenters. The maximum Gasteiger partial charge on any atom is 0.118 e. The summed E-state index contributed by atoms with van der Waals surface area (Å²) in [5.41, 5.74) is 0. The van der Waals surface area contributed by atoms with E-state index in [9.17, 15) is 0 Å². The predicted molar refractivity (Wildman–Crippen MR) is 57.4 cm³/mol. The fraction of sp³-hybridized carbons (Fsp3) is 0.600. The van der Waals surface area contributed by atoms with Crippen LogP contribution in [-0.4, -0.2) is 25.5 Å². The molecular formula is C10H15NO2S. The molecule has 1 N–H and O–H groups in total. The van der Waals surface area contributed by atoms with E-state index in [0.717, 1.165) is 37.0 Å². The highest BCUT2D eigenvalue weighted by Crippen LogP contribution is 2.13. The summed E-state index contributed by atoms with van der Waals surface area (Å²) in [4.78, 5) is 0. The van der Waals surface area contributed by atoms with Crippen molar-refractivity contribution in [1.82, 2.24) is 5.32 Å². The molecule has 0 radical (unpaired) electrons. The van der Waals surface area contributed by atoms with E-state index in [1.54, 1.807) is 11.8 Å². The van der Waals surface area contributed by atoms with Crippen molar-refractivity contribution in [3.8, 4) is 0 Å². The lowest BCUT2D eigenvalue weighted by atomic mass is 10.2. The third-order valence-corrected chi connectivity index (χ3v) is 2.78. The summed E-state index contributed by atoms with van der Waals surface area (Å²) in [5, 5.41) is 3.37. The molecule has 1 saturated heterocycles. The van der Waals surface area contributed by atoms with Crippen LogP contribution in [0.1, 0.15) is 11.5 Å². The van der Waals surface area contributed by atoms with Crippen LogP contribution in [0.15, 0.2) is 16.5 Å². The van der Waals surface area contributed by atoms with Crippen LogP contribution in [0.3, 0.4) is 0 Å². The molecule has 2 rings (SSSR count). The highest BCUT2D eigenvalue weighted by molar-refractivity contribution is 7.97. The first kappa shape index (κ1) is 10.1. The van der Waals surface area contributed by atoms with Crippen LogP contribution < -0.4 is 5.32 Å². The van der Waals surface area contributed by atoms with Crippen molar-refractivity contribution in [3.63, 3.8) is 0 Å². The van der Waals surface area contributed by atoms with Crippen LogP contribution in [0.25, 0.3) is 0 Å². The van der Waals surface area contributed by atoms with Gasteiger partial charge in [0, 0.05) is 0 Å². The lowest BCUT2D eigenvalue weighted by Crippen LogP contribution is -2.45. The van der Waals surface area contributed by atoms with E-state index in [1.807, 2.05) is 12.1 Å². The predicted octanol–water partition coefficient (Wildman–Crippen LogP) is 1.63. The first-order chi connectivity index (χ1) is 6.88. The highest BCUT2D eigenvalue weighted by Gasteiger charge is 2.17. The summed E-state index contributed by atoms with van der Waals surface area (Å²) in [7, 11) is 0. The first-order valence-corrected chi connectivity index (χ1v) is 6.15. The van der Waals surface area contributed by atoms with Crippen molar-refractivity contribution < 1.29 is 9.15 Å². The Morgan fingerprint density at radius 1 is 1.43 bits per heavy atom. The fourth-order valence-corrected chi connectivity index (χ4v) is 1.78. The molecule has 0 bridgehead atoms. The lowest BCUT2D eigenvalue weighted by Gasteiger charge is -2.26. The molecule has 1 aromatic rings. The Bertz CT molecular complexity index is 283. The standard InChI is InChI=1S/C10H15NO2S/c1-14-7-10-3-2-9(13-10)4-11-8-5-12-6-8/h2-3,8,11H,4-7H2,1H3. The Labute approximate surface area is 88.2 Å². The second kappa shape index (κ2) is 4.87. The van der Waals surface area contributed by atoms with Crippen LogP contribution in [0, 0.1) is 0 Å². The van der Waals surface area contributed by atoms with E-state index in [0.29, 0.717) is 6.04 Å². The second-order valence-electron chi connectivity index (χ2n) is 3.42. The Morgan fingerprint density at radius 2 is 2.21 bits per heavy atom. The maximum absolute atomic E-state index is 5.62. The first-order valence-electron chi connectivity index (χ1n) is 4.76. The molecule has 3 nitrogen and oxygen atoms in total. The smallest absolute Gasteiger partial charge is 0.118 e. The van der Waals surface area contributed by atoms with Crippen molar-refractivity contribution in [2.45, 2.75) is 18.3 Å². The largest absolute Gasteiger partial charge is 0.464 e. The third kappa shape index (κ3) is 2.53. The molecule has 1 aliphatic heterocycles. The summed E-state index contributed by atoms with van der Waals surface area (Å²) in [6, 6.07) is 4.60. The topological polar surface area (TPSA) is 34.4 Å². The van der Waals surface area contributed by atoms with Crippen molar-refractivity contribution in [3.05, 3.63) is 23.7 Å². The normalized spacial score (nSPS) is 16.9. The molecule has 0 amide bonds. The Balaban J connectivity index is 1.77. The Morgan fingerprint density at radius 3 is 2.86 bits per heavy atom. The van der Waals surface area contributed by atoms with Gasteiger partial charge in [-0.25, -0.2) is 0 Å². The number of nitrogens with one attached hydrogen (secondary N) is 1.